The topological polar surface area (TPSA) is 98.5 Å². The number of rotatable bonds is 4. The highest BCUT2D eigenvalue weighted by molar-refractivity contribution is 5.88. The summed E-state index contributed by atoms with van der Waals surface area (Å²) < 4.78 is 6.48. The van der Waals surface area contributed by atoms with E-state index in [1.165, 1.54) is 10.9 Å². The lowest BCUT2D eigenvalue weighted by molar-refractivity contribution is -0.125. The Labute approximate surface area is 139 Å². The van der Waals surface area contributed by atoms with Crippen molar-refractivity contribution in [3.63, 3.8) is 0 Å². The molecule has 3 rings (SSSR count). The molecular formula is C16H21N5O3. The van der Waals surface area contributed by atoms with Crippen LogP contribution < -0.4 is 5.32 Å². The molecule has 0 aromatic carbocycles. The number of nitrogens with one attached hydrogen (secondary N) is 1. The number of aromatic nitrogens is 4. The maximum absolute atomic E-state index is 12.0. The molecule has 0 aliphatic heterocycles. The van der Waals surface area contributed by atoms with Crippen LogP contribution in [0.4, 0.5) is 0 Å². The second kappa shape index (κ2) is 6.94. The first-order valence-electron chi connectivity index (χ1n) is 8.19. The van der Waals surface area contributed by atoms with Gasteiger partial charge >= 0.3 is 5.97 Å². The number of esters is 1. The van der Waals surface area contributed by atoms with Gasteiger partial charge in [0.25, 0.3) is 17.5 Å². The van der Waals surface area contributed by atoms with Crippen molar-refractivity contribution in [1.82, 2.24) is 24.9 Å². The fourth-order valence-corrected chi connectivity index (χ4v) is 2.97. The van der Waals surface area contributed by atoms with Gasteiger partial charge in [0.15, 0.2) is 6.61 Å². The highest BCUT2D eigenvalue weighted by Gasteiger charge is 2.23. The van der Waals surface area contributed by atoms with E-state index >= 15 is 0 Å². The summed E-state index contributed by atoms with van der Waals surface area (Å²) in [5.74, 6) is -0.350. The van der Waals surface area contributed by atoms with E-state index in [4.69, 9.17) is 4.74 Å². The van der Waals surface area contributed by atoms with Crippen molar-refractivity contribution >= 4 is 17.7 Å². The quantitative estimate of drug-likeness (QED) is 0.848. The summed E-state index contributed by atoms with van der Waals surface area (Å²) in [7, 11) is 0. The molecule has 1 amide bonds. The van der Waals surface area contributed by atoms with E-state index < -0.39 is 5.97 Å². The summed E-state index contributed by atoms with van der Waals surface area (Å²) in [6.45, 7) is 3.63. The van der Waals surface area contributed by atoms with Crippen LogP contribution in [0.5, 0.6) is 0 Å². The molecule has 1 N–H and O–H groups in total. The number of aryl methyl sites for hydroxylation is 1. The van der Waals surface area contributed by atoms with Gasteiger partial charge in [-0.3, -0.25) is 4.79 Å². The lowest BCUT2D eigenvalue weighted by Gasteiger charge is -2.29. The summed E-state index contributed by atoms with van der Waals surface area (Å²) in [5, 5.41) is 6.99. The predicted octanol–water partition coefficient (Wildman–Crippen LogP) is 1.28. The zero-order valence-corrected chi connectivity index (χ0v) is 13.9. The zero-order chi connectivity index (χ0) is 17.1. The zero-order valence-electron chi connectivity index (χ0n) is 13.9. The summed E-state index contributed by atoms with van der Waals surface area (Å²) in [5.41, 5.74) is 0.801. The van der Waals surface area contributed by atoms with Gasteiger partial charge in [0, 0.05) is 17.9 Å². The number of fused-ring (bicyclic) bond motifs is 1. The molecule has 8 nitrogen and oxygen atoms in total. The van der Waals surface area contributed by atoms with Crippen LogP contribution in [0, 0.1) is 12.8 Å². The fraction of sp³-hybridized carbons (Fsp3) is 0.562. The Morgan fingerprint density at radius 3 is 2.92 bits per heavy atom. The highest BCUT2D eigenvalue weighted by Crippen LogP contribution is 2.23. The van der Waals surface area contributed by atoms with Crippen molar-refractivity contribution in [2.75, 3.05) is 6.61 Å². The third-order valence-corrected chi connectivity index (χ3v) is 4.40. The van der Waals surface area contributed by atoms with Crippen LogP contribution in [0.1, 0.15) is 48.9 Å². The van der Waals surface area contributed by atoms with Gasteiger partial charge < -0.3 is 10.1 Å². The number of amides is 1. The molecule has 8 heteroatoms. The van der Waals surface area contributed by atoms with Gasteiger partial charge in [-0.2, -0.15) is 4.98 Å². The first-order valence-corrected chi connectivity index (χ1v) is 8.19. The van der Waals surface area contributed by atoms with E-state index in [1.807, 2.05) is 6.92 Å². The van der Waals surface area contributed by atoms with Crippen LogP contribution in [0.3, 0.4) is 0 Å². The van der Waals surface area contributed by atoms with Crippen molar-refractivity contribution < 1.29 is 14.3 Å². The molecule has 2 heterocycles. The molecule has 1 saturated carbocycles. The number of carbonyl (C=O) groups is 2. The van der Waals surface area contributed by atoms with Crippen LogP contribution in [0.2, 0.25) is 0 Å². The van der Waals surface area contributed by atoms with Gasteiger partial charge in [-0.15, -0.1) is 5.10 Å². The Morgan fingerprint density at radius 2 is 2.17 bits per heavy atom. The second-order valence-corrected chi connectivity index (χ2v) is 6.25. The van der Waals surface area contributed by atoms with Crippen molar-refractivity contribution in [3.8, 4) is 0 Å². The van der Waals surface area contributed by atoms with Crippen LogP contribution in [0.25, 0.3) is 5.78 Å². The van der Waals surface area contributed by atoms with Crippen LogP contribution in [-0.4, -0.2) is 44.1 Å². The molecule has 1 fully saturated rings. The summed E-state index contributed by atoms with van der Waals surface area (Å²) in [6, 6.07) is 1.92. The SMILES string of the molecule is Cc1ccnc2nc(C(=O)OCC(=O)N[C@@H]3CCCC[C@@H]3C)nn12. The Balaban J connectivity index is 1.56. The molecule has 2 aromatic rings. The van der Waals surface area contributed by atoms with Gasteiger partial charge in [-0.05, 0) is 31.7 Å². The monoisotopic (exact) mass is 331 g/mol. The lowest BCUT2D eigenvalue weighted by Crippen LogP contribution is -2.42. The molecule has 24 heavy (non-hydrogen) atoms. The normalized spacial score (nSPS) is 20.8. The van der Waals surface area contributed by atoms with Gasteiger partial charge in [0.2, 0.25) is 0 Å². The minimum absolute atomic E-state index is 0.101. The molecule has 128 valence electrons. The van der Waals surface area contributed by atoms with E-state index in [0.717, 1.165) is 25.0 Å². The number of nitrogens with zero attached hydrogens (tertiary/aromatic N) is 4. The largest absolute Gasteiger partial charge is 0.450 e. The minimum atomic E-state index is -0.730. The third kappa shape index (κ3) is 3.52. The Hall–Kier alpha value is -2.51. The Kier molecular flexibility index (Phi) is 4.73. The van der Waals surface area contributed by atoms with E-state index in [1.54, 1.807) is 12.3 Å². The fourth-order valence-electron chi connectivity index (χ4n) is 2.97. The van der Waals surface area contributed by atoms with Crippen molar-refractivity contribution in [2.45, 2.75) is 45.6 Å². The van der Waals surface area contributed by atoms with Gasteiger partial charge in [0.05, 0.1) is 0 Å². The van der Waals surface area contributed by atoms with E-state index in [2.05, 4.69) is 27.3 Å². The second-order valence-electron chi connectivity index (χ2n) is 6.25. The van der Waals surface area contributed by atoms with E-state index in [-0.39, 0.29) is 24.4 Å². The smallest absolute Gasteiger partial charge is 0.378 e. The van der Waals surface area contributed by atoms with E-state index in [0.29, 0.717) is 11.7 Å². The Morgan fingerprint density at radius 1 is 1.38 bits per heavy atom. The standard InChI is InChI=1S/C16H21N5O3/c1-10-5-3-4-6-12(10)18-13(22)9-24-15(23)14-19-16-17-8-7-11(2)21(16)20-14/h7-8,10,12H,3-6,9H2,1-2H3,(H,18,22)/t10-,12+/m0/s1. The first kappa shape index (κ1) is 16.4. The van der Waals surface area contributed by atoms with Crippen molar-refractivity contribution in [1.29, 1.82) is 0 Å². The molecule has 0 bridgehead atoms. The first-order chi connectivity index (χ1) is 11.5. The molecule has 2 atom stereocenters. The predicted molar refractivity (Wildman–Crippen MR) is 85.4 cm³/mol. The number of carbonyl (C=O) groups excluding carboxylic acids is 2. The maximum atomic E-state index is 12.0. The summed E-state index contributed by atoms with van der Waals surface area (Å²) in [4.78, 5) is 32.0. The molecule has 1 aliphatic carbocycles. The molecule has 1 aliphatic rings. The van der Waals surface area contributed by atoms with Crippen molar-refractivity contribution in [2.24, 2.45) is 5.92 Å². The molecule has 0 unspecified atom stereocenters. The molecule has 0 spiro atoms. The molecule has 0 saturated heterocycles. The lowest BCUT2D eigenvalue weighted by atomic mass is 9.86. The van der Waals surface area contributed by atoms with Crippen LogP contribution >= 0.6 is 0 Å². The summed E-state index contributed by atoms with van der Waals surface area (Å²) in [6.07, 6.45) is 6.00. The number of ether oxygens (including phenoxy) is 1. The molecule has 2 aromatic heterocycles. The average Bonchev–Trinajstić information content (AvgIpc) is 3.00. The van der Waals surface area contributed by atoms with Crippen LogP contribution in [0.15, 0.2) is 12.3 Å². The maximum Gasteiger partial charge on any atom is 0.378 e. The number of hydrogen-bond donors (Lipinski definition) is 1. The molecular weight excluding hydrogens is 310 g/mol. The third-order valence-electron chi connectivity index (χ3n) is 4.40. The van der Waals surface area contributed by atoms with Gasteiger partial charge in [-0.1, -0.05) is 19.8 Å². The Bertz CT molecular complexity index is 757. The number of hydrogen-bond acceptors (Lipinski definition) is 6. The van der Waals surface area contributed by atoms with E-state index in [9.17, 15) is 9.59 Å². The molecule has 0 radical (unpaired) electrons. The highest BCUT2D eigenvalue weighted by atomic mass is 16.5. The van der Waals surface area contributed by atoms with Gasteiger partial charge in [-0.25, -0.2) is 14.3 Å². The average molecular weight is 331 g/mol. The minimum Gasteiger partial charge on any atom is -0.450 e. The van der Waals surface area contributed by atoms with Crippen LogP contribution in [-0.2, 0) is 9.53 Å². The van der Waals surface area contributed by atoms with Gasteiger partial charge in [0.1, 0.15) is 0 Å². The van der Waals surface area contributed by atoms with Crippen molar-refractivity contribution in [3.05, 3.63) is 23.8 Å². The summed E-state index contributed by atoms with van der Waals surface area (Å²) >= 11 is 0.